The number of anilines is 1. The molecule has 0 saturated heterocycles. The minimum atomic E-state index is -0.286. The number of methoxy groups -OCH3 is 1. The number of ether oxygens (including phenoxy) is 1. The summed E-state index contributed by atoms with van der Waals surface area (Å²) in [4.78, 5) is 11.6. The van der Waals surface area contributed by atoms with Gasteiger partial charge in [0.25, 0.3) is 0 Å². The third-order valence-corrected chi connectivity index (χ3v) is 2.34. The highest BCUT2D eigenvalue weighted by Gasteiger charge is 2.11. The second-order valence-corrected chi connectivity index (χ2v) is 3.99. The van der Waals surface area contributed by atoms with Crippen molar-refractivity contribution in [3.63, 3.8) is 0 Å². The molecule has 1 aromatic rings. The van der Waals surface area contributed by atoms with Crippen molar-refractivity contribution >= 4 is 11.6 Å². The summed E-state index contributed by atoms with van der Waals surface area (Å²) in [6.45, 7) is 3.65. The summed E-state index contributed by atoms with van der Waals surface area (Å²) in [6, 6.07) is 7.58. The number of hydrogen-bond acceptors (Lipinski definition) is 3. The molecule has 1 unspecified atom stereocenters. The van der Waals surface area contributed by atoms with Gasteiger partial charge < -0.3 is 10.1 Å². The largest absolute Gasteiger partial charge is 0.495 e. The van der Waals surface area contributed by atoms with Crippen LogP contribution >= 0.6 is 0 Å². The van der Waals surface area contributed by atoms with Gasteiger partial charge in [-0.25, -0.2) is 0 Å². The molecule has 0 heterocycles. The van der Waals surface area contributed by atoms with Gasteiger partial charge in [-0.2, -0.15) is 5.26 Å². The molecule has 4 heteroatoms. The summed E-state index contributed by atoms with van der Waals surface area (Å²) >= 11 is 0. The maximum absolute atomic E-state index is 11.6. The Morgan fingerprint density at radius 1 is 1.59 bits per heavy atom. The quantitative estimate of drug-likeness (QED) is 0.867. The van der Waals surface area contributed by atoms with Gasteiger partial charge in [0, 0.05) is 6.42 Å². The molecule has 0 spiro atoms. The molecular weight excluding hydrogens is 216 g/mol. The Labute approximate surface area is 101 Å². The van der Waals surface area contributed by atoms with Gasteiger partial charge in [-0.3, -0.25) is 4.79 Å². The van der Waals surface area contributed by atoms with E-state index in [1.807, 2.05) is 25.1 Å². The molecule has 1 rings (SSSR count). The fraction of sp³-hybridized carbons (Fsp3) is 0.385. The molecule has 0 saturated carbocycles. The lowest BCUT2D eigenvalue weighted by atomic mass is 10.1. The van der Waals surface area contributed by atoms with Gasteiger partial charge in [-0.05, 0) is 31.5 Å². The number of amides is 1. The third kappa shape index (κ3) is 3.80. The lowest BCUT2D eigenvalue weighted by molar-refractivity contribution is -0.116. The van der Waals surface area contributed by atoms with E-state index < -0.39 is 0 Å². The summed E-state index contributed by atoms with van der Waals surface area (Å²) in [5.74, 6) is 0.155. The first-order chi connectivity index (χ1) is 8.06. The lowest BCUT2D eigenvalue weighted by Gasteiger charge is -2.11. The molecule has 1 amide bonds. The molecule has 90 valence electrons. The smallest absolute Gasteiger partial charge is 0.225 e. The molecule has 0 aliphatic heterocycles. The number of rotatable bonds is 4. The Morgan fingerprint density at radius 2 is 2.29 bits per heavy atom. The lowest BCUT2D eigenvalue weighted by Crippen LogP contribution is -2.15. The Balaban J connectivity index is 2.77. The summed E-state index contributed by atoms with van der Waals surface area (Å²) < 4.78 is 5.15. The zero-order valence-corrected chi connectivity index (χ0v) is 10.3. The number of hydrogen-bond donors (Lipinski definition) is 1. The van der Waals surface area contributed by atoms with Crippen molar-refractivity contribution in [3.8, 4) is 11.8 Å². The van der Waals surface area contributed by atoms with Gasteiger partial charge in [-0.1, -0.05) is 6.07 Å². The molecule has 0 aliphatic carbocycles. The number of aryl methyl sites for hydroxylation is 1. The van der Waals surface area contributed by atoms with E-state index in [1.54, 1.807) is 20.1 Å². The van der Waals surface area contributed by atoms with E-state index in [0.717, 1.165) is 5.56 Å². The first-order valence-electron chi connectivity index (χ1n) is 5.41. The predicted molar refractivity (Wildman–Crippen MR) is 65.8 cm³/mol. The molecule has 1 N–H and O–H groups in total. The minimum absolute atomic E-state index is 0.178. The zero-order chi connectivity index (χ0) is 12.8. The van der Waals surface area contributed by atoms with Crippen LogP contribution in [0.2, 0.25) is 0 Å². The van der Waals surface area contributed by atoms with E-state index in [1.165, 1.54) is 0 Å². The molecule has 0 bridgehead atoms. The highest BCUT2D eigenvalue weighted by atomic mass is 16.5. The van der Waals surface area contributed by atoms with E-state index in [0.29, 0.717) is 11.4 Å². The van der Waals surface area contributed by atoms with E-state index in [2.05, 4.69) is 5.32 Å². The van der Waals surface area contributed by atoms with Crippen molar-refractivity contribution < 1.29 is 9.53 Å². The Morgan fingerprint density at radius 3 is 2.88 bits per heavy atom. The van der Waals surface area contributed by atoms with Gasteiger partial charge >= 0.3 is 0 Å². The van der Waals surface area contributed by atoms with Crippen LogP contribution in [0.3, 0.4) is 0 Å². The van der Waals surface area contributed by atoms with Gasteiger partial charge in [0.2, 0.25) is 5.91 Å². The molecule has 4 nitrogen and oxygen atoms in total. The van der Waals surface area contributed by atoms with Gasteiger partial charge in [-0.15, -0.1) is 0 Å². The van der Waals surface area contributed by atoms with E-state index >= 15 is 0 Å². The molecule has 1 aromatic carbocycles. The maximum atomic E-state index is 11.6. The summed E-state index contributed by atoms with van der Waals surface area (Å²) in [5.41, 5.74) is 1.68. The van der Waals surface area contributed by atoms with Crippen molar-refractivity contribution in [2.75, 3.05) is 12.4 Å². The van der Waals surface area contributed by atoms with Crippen LogP contribution in [0.4, 0.5) is 5.69 Å². The number of nitriles is 1. The van der Waals surface area contributed by atoms with Crippen LogP contribution in [-0.2, 0) is 4.79 Å². The summed E-state index contributed by atoms with van der Waals surface area (Å²) in [6.07, 6.45) is 0.188. The summed E-state index contributed by atoms with van der Waals surface area (Å²) in [7, 11) is 1.55. The molecular formula is C13H16N2O2. The Hall–Kier alpha value is -2.02. The number of nitrogens with zero attached hydrogens (tertiary/aromatic N) is 1. The normalized spacial score (nSPS) is 11.4. The SMILES string of the molecule is COc1ccc(C)cc1NC(=O)CC(C)C#N. The first-order valence-corrected chi connectivity index (χ1v) is 5.41. The van der Waals surface area contributed by atoms with Crippen LogP contribution < -0.4 is 10.1 Å². The number of carbonyl (C=O) groups excluding carboxylic acids is 1. The Kier molecular flexibility index (Phi) is 4.53. The molecule has 17 heavy (non-hydrogen) atoms. The van der Waals surface area contributed by atoms with Crippen LogP contribution in [0.5, 0.6) is 5.75 Å². The van der Waals surface area contributed by atoms with Crippen molar-refractivity contribution in [2.45, 2.75) is 20.3 Å². The molecule has 0 aromatic heterocycles. The summed E-state index contributed by atoms with van der Waals surface area (Å²) in [5, 5.41) is 11.4. The van der Waals surface area contributed by atoms with Crippen LogP contribution in [0.15, 0.2) is 18.2 Å². The standard InChI is InChI=1S/C13H16N2O2/c1-9-4-5-12(17-3)11(6-9)15-13(16)7-10(2)8-14/h4-6,10H,7H2,1-3H3,(H,15,16). The van der Waals surface area contributed by atoms with Crippen LogP contribution in [0, 0.1) is 24.2 Å². The second-order valence-electron chi connectivity index (χ2n) is 3.99. The molecule has 1 atom stereocenters. The second kappa shape index (κ2) is 5.90. The van der Waals surface area contributed by atoms with Crippen LogP contribution in [0.25, 0.3) is 0 Å². The van der Waals surface area contributed by atoms with Crippen LogP contribution in [-0.4, -0.2) is 13.0 Å². The maximum Gasteiger partial charge on any atom is 0.225 e. The minimum Gasteiger partial charge on any atom is -0.495 e. The fourth-order valence-electron chi connectivity index (χ4n) is 1.44. The number of carbonyl (C=O) groups is 1. The Bertz CT molecular complexity index is 449. The average Bonchev–Trinajstić information content (AvgIpc) is 2.29. The van der Waals surface area contributed by atoms with Gasteiger partial charge in [0.15, 0.2) is 0 Å². The molecule has 0 radical (unpaired) electrons. The van der Waals surface area contributed by atoms with E-state index in [-0.39, 0.29) is 18.2 Å². The monoisotopic (exact) mass is 232 g/mol. The molecule has 0 aliphatic rings. The zero-order valence-electron chi connectivity index (χ0n) is 10.3. The number of benzene rings is 1. The van der Waals surface area contributed by atoms with Gasteiger partial charge in [0.1, 0.15) is 5.75 Å². The third-order valence-electron chi connectivity index (χ3n) is 2.34. The van der Waals surface area contributed by atoms with Crippen LogP contribution in [0.1, 0.15) is 18.9 Å². The predicted octanol–water partition coefficient (Wildman–Crippen LogP) is 2.49. The van der Waals surface area contributed by atoms with Crippen molar-refractivity contribution in [1.29, 1.82) is 5.26 Å². The first kappa shape index (κ1) is 13.0. The fourth-order valence-corrected chi connectivity index (χ4v) is 1.44. The van der Waals surface area contributed by atoms with E-state index in [9.17, 15) is 4.79 Å². The van der Waals surface area contributed by atoms with Crippen molar-refractivity contribution in [2.24, 2.45) is 5.92 Å². The van der Waals surface area contributed by atoms with E-state index in [4.69, 9.17) is 10.00 Å². The molecule has 0 fully saturated rings. The highest BCUT2D eigenvalue weighted by molar-refractivity contribution is 5.92. The highest BCUT2D eigenvalue weighted by Crippen LogP contribution is 2.25. The van der Waals surface area contributed by atoms with Crippen molar-refractivity contribution in [3.05, 3.63) is 23.8 Å². The van der Waals surface area contributed by atoms with Gasteiger partial charge in [0.05, 0.1) is 24.8 Å². The topological polar surface area (TPSA) is 62.1 Å². The average molecular weight is 232 g/mol. The van der Waals surface area contributed by atoms with Crippen molar-refractivity contribution in [1.82, 2.24) is 0 Å². The number of nitrogens with one attached hydrogen (secondary N) is 1.